The monoisotopic (exact) mass is 324 g/mol. The Labute approximate surface area is 133 Å². The van der Waals surface area contributed by atoms with Gasteiger partial charge in [-0.3, -0.25) is 14.4 Å². The van der Waals surface area contributed by atoms with E-state index in [9.17, 15) is 14.4 Å². The molecule has 0 heterocycles. The molecule has 0 fully saturated rings. The van der Waals surface area contributed by atoms with Crippen LogP contribution in [-0.4, -0.2) is 36.7 Å². The van der Waals surface area contributed by atoms with Crippen molar-refractivity contribution in [2.45, 2.75) is 25.2 Å². The highest BCUT2D eigenvalue weighted by Gasteiger charge is 2.08. The lowest BCUT2D eigenvalue weighted by Gasteiger charge is -2.06. The third kappa shape index (κ3) is 7.12. The Morgan fingerprint density at radius 2 is 1.95 bits per heavy atom. The van der Waals surface area contributed by atoms with Crippen LogP contribution in [0.25, 0.3) is 0 Å². The number of rotatable bonds is 8. The van der Waals surface area contributed by atoms with Gasteiger partial charge >= 0.3 is 5.97 Å². The van der Waals surface area contributed by atoms with Crippen molar-refractivity contribution in [2.75, 3.05) is 18.9 Å². The molecule has 0 spiro atoms. The van der Waals surface area contributed by atoms with Gasteiger partial charge in [0.1, 0.15) is 0 Å². The van der Waals surface area contributed by atoms with Crippen molar-refractivity contribution in [2.24, 2.45) is 5.73 Å². The minimum Gasteiger partial charge on any atom is -0.456 e. The molecule has 1 aromatic carbocycles. The first-order valence-electron chi connectivity index (χ1n) is 6.79. The molecule has 0 aromatic heterocycles. The largest absolute Gasteiger partial charge is 0.456 e. The normalized spacial score (nSPS) is 10.1. The highest BCUT2D eigenvalue weighted by molar-refractivity contribution is 7.99. The molecule has 0 aliphatic carbocycles. The minimum atomic E-state index is -0.649. The van der Waals surface area contributed by atoms with E-state index in [1.54, 1.807) is 11.8 Å². The Hall–Kier alpha value is -2.02. The second kappa shape index (κ2) is 9.09. The first-order valence-corrected chi connectivity index (χ1v) is 7.77. The number of ether oxygens (including phenoxy) is 1. The standard InChI is InChI=1S/C15H20N2O4S/c1-10-3-4-12(7-11(10)2)22-6-5-15(20)21-9-14(19)17-8-13(16)18/h3-4,7H,5-6,8-9H2,1-2H3,(H2,16,18)(H,17,19). The molecule has 0 aliphatic heterocycles. The van der Waals surface area contributed by atoms with Gasteiger partial charge in [0, 0.05) is 10.6 Å². The van der Waals surface area contributed by atoms with E-state index in [0.717, 1.165) is 4.90 Å². The van der Waals surface area contributed by atoms with E-state index >= 15 is 0 Å². The van der Waals surface area contributed by atoms with E-state index in [2.05, 4.69) is 11.4 Å². The molecule has 2 amide bonds. The fraction of sp³-hybridized carbons (Fsp3) is 0.400. The van der Waals surface area contributed by atoms with Gasteiger partial charge in [0.05, 0.1) is 13.0 Å². The zero-order valence-corrected chi connectivity index (χ0v) is 13.5. The van der Waals surface area contributed by atoms with Gasteiger partial charge in [-0.2, -0.15) is 0 Å². The van der Waals surface area contributed by atoms with Gasteiger partial charge in [-0.25, -0.2) is 0 Å². The number of benzene rings is 1. The highest BCUT2D eigenvalue weighted by atomic mass is 32.2. The molecule has 1 rings (SSSR count). The van der Waals surface area contributed by atoms with Gasteiger partial charge < -0.3 is 15.8 Å². The molecule has 0 saturated carbocycles. The Balaban J connectivity index is 2.21. The van der Waals surface area contributed by atoms with E-state index in [0.29, 0.717) is 5.75 Å². The van der Waals surface area contributed by atoms with E-state index in [1.807, 2.05) is 26.0 Å². The lowest BCUT2D eigenvalue weighted by atomic mass is 10.1. The zero-order chi connectivity index (χ0) is 16.5. The first-order chi connectivity index (χ1) is 10.4. The Kier molecular flexibility index (Phi) is 7.45. The summed E-state index contributed by atoms with van der Waals surface area (Å²) in [6, 6.07) is 6.12. The number of thioether (sulfide) groups is 1. The van der Waals surface area contributed by atoms with E-state index in [-0.39, 0.29) is 13.0 Å². The van der Waals surface area contributed by atoms with Crippen molar-refractivity contribution in [3.63, 3.8) is 0 Å². The highest BCUT2D eigenvalue weighted by Crippen LogP contribution is 2.21. The van der Waals surface area contributed by atoms with Crippen molar-refractivity contribution >= 4 is 29.5 Å². The average molecular weight is 324 g/mol. The van der Waals surface area contributed by atoms with Crippen LogP contribution in [0, 0.1) is 13.8 Å². The second-order valence-corrected chi connectivity index (χ2v) is 5.92. The van der Waals surface area contributed by atoms with Crippen molar-refractivity contribution < 1.29 is 19.1 Å². The molecule has 7 heteroatoms. The predicted molar refractivity (Wildman–Crippen MR) is 84.4 cm³/mol. The van der Waals surface area contributed by atoms with Crippen LogP contribution < -0.4 is 11.1 Å². The van der Waals surface area contributed by atoms with Crippen molar-refractivity contribution in [3.05, 3.63) is 29.3 Å². The molecule has 3 N–H and O–H groups in total. The van der Waals surface area contributed by atoms with Crippen LogP contribution in [0.4, 0.5) is 0 Å². The maximum atomic E-state index is 11.5. The van der Waals surface area contributed by atoms with Crippen LogP contribution in [0.1, 0.15) is 17.5 Å². The summed E-state index contributed by atoms with van der Waals surface area (Å²) in [6.07, 6.45) is 0.209. The summed E-state index contributed by atoms with van der Waals surface area (Å²) in [5.41, 5.74) is 7.31. The summed E-state index contributed by atoms with van der Waals surface area (Å²) in [4.78, 5) is 34.3. The van der Waals surface area contributed by atoms with E-state index in [4.69, 9.17) is 10.5 Å². The Morgan fingerprint density at radius 3 is 2.59 bits per heavy atom. The molecule has 0 bridgehead atoms. The van der Waals surface area contributed by atoms with Crippen LogP contribution in [0.2, 0.25) is 0 Å². The number of amides is 2. The summed E-state index contributed by atoms with van der Waals surface area (Å²) in [5, 5.41) is 2.23. The summed E-state index contributed by atoms with van der Waals surface area (Å²) in [5.74, 6) is -1.08. The first kappa shape index (κ1) is 18.0. The third-order valence-electron chi connectivity index (χ3n) is 2.88. The SMILES string of the molecule is Cc1ccc(SCCC(=O)OCC(=O)NCC(N)=O)cc1C. The van der Waals surface area contributed by atoms with Crippen molar-refractivity contribution in [1.82, 2.24) is 5.32 Å². The molecule has 6 nitrogen and oxygen atoms in total. The summed E-state index contributed by atoms with van der Waals surface area (Å²) in [6.45, 7) is 3.42. The fourth-order valence-electron chi connectivity index (χ4n) is 1.51. The number of carbonyl (C=O) groups excluding carboxylic acids is 3. The lowest BCUT2D eigenvalue weighted by molar-refractivity contribution is -0.148. The molecule has 0 radical (unpaired) electrons. The minimum absolute atomic E-state index is 0.209. The van der Waals surface area contributed by atoms with Gasteiger partial charge in [-0.1, -0.05) is 6.07 Å². The molecular weight excluding hydrogens is 304 g/mol. The average Bonchev–Trinajstić information content (AvgIpc) is 2.46. The van der Waals surface area contributed by atoms with Crippen LogP contribution in [0.3, 0.4) is 0 Å². The number of nitrogens with two attached hydrogens (primary N) is 1. The number of esters is 1. The van der Waals surface area contributed by atoms with Crippen LogP contribution in [0.15, 0.2) is 23.1 Å². The third-order valence-corrected chi connectivity index (χ3v) is 3.87. The molecule has 0 atom stereocenters. The zero-order valence-electron chi connectivity index (χ0n) is 12.7. The summed E-state index contributed by atoms with van der Waals surface area (Å²) >= 11 is 1.56. The molecule has 1 aromatic rings. The second-order valence-electron chi connectivity index (χ2n) is 4.75. The fourth-order valence-corrected chi connectivity index (χ4v) is 2.44. The van der Waals surface area contributed by atoms with Gasteiger partial charge in [0.25, 0.3) is 5.91 Å². The summed E-state index contributed by atoms with van der Waals surface area (Å²) < 4.78 is 4.80. The molecule has 0 aliphatic rings. The molecule has 22 heavy (non-hydrogen) atoms. The Bertz CT molecular complexity index is 560. The van der Waals surface area contributed by atoms with Crippen LogP contribution >= 0.6 is 11.8 Å². The molecule has 120 valence electrons. The number of primary amides is 1. The summed E-state index contributed by atoms with van der Waals surface area (Å²) in [7, 11) is 0. The van der Waals surface area contributed by atoms with Crippen LogP contribution in [0.5, 0.6) is 0 Å². The van der Waals surface area contributed by atoms with Gasteiger partial charge in [0.2, 0.25) is 5.91 Å². The predicted octanol–water partition coefficient (Wildman–Crippen LogP) is 0.930. The van der Waals surface area contributed by atoms with Crippen molar-refractivity contribution in [1.29, 1.82) is 0 Å². The molecular formula is C15H20N2O4S. The number of hydrogen-bond donors (Lipinski definition) is 2. The quantitative estimate of drug-likeness (QED) is 0.547. The Morgan fingerprint density at radius 1 is 1.23 bits per heavy atom. The maximum Gasteiger partial charge on any atom is 0.307 e. The molecule has 0 unspecified atom stereocenters. The number of nitrogens with one attached hydrogen (secondary N) is 1. The van der Waals surface area contributed by atoms with Crippen molar-refractivity contribution in [3.8, 4) is 0 Å². The lowest BCUT2D eigenvalue weighted by Crippen LogP contribution is -2.36. The maximum absolute atomic E-state index is 11.5. The van der Waals surface area contributed by atoms with E-state index < -0.39 is 24.4 Å². The van der Waals surface area contributed by atoms with Gasteiger partial charge in [0.15, 0.2) is 6.61 Å². The van der Waals surface area contributed by atoms with Crippen LogP contribution in [-0.2, 0) is 19.1 Å². The molecule has 0 saturated heterocycles. The number of hydrogen-bond acceptors (Lipinski definition) is 5. The smallest absolute Gasteiger partial charge is 0.307 e. The van der Waals surface area contributed by atoms with E-state index in [1.165, 1.54) is 11.1 Å². The van der Waals surface area contributed by atoms with Gasteiger partial charge in [-0.15, -0.1) is 11.8 Å². The topological polar surface area (TPSA) is 98.5 Å². The number of carbonyl (C=O) groups is 3. The van der Waals surface area contributed by atoms with Gasteiger partial charge in [-0.05, 0) is 37.1 Å². The number of aryl methyl sites for hydroxylation is 2.